The van der Waals surface area contributed by atoms with E-state index in [0.29, 0.717) is 13.2 Å². The number of rotatable bonds is 6. The number of primary amides is 1. The third-order valence-electron chi connectivity index (χ3n) is 3.82. The Bertz CT molecular complexity index is 581. The fourth-order valence-electron chi connectivity index (χ4n) is 2.58. The van der Waals surface area contributed by atoms with Crippen LogP contribution in [0.1, 0.15) is 40.1 Å². The Hall–Kier alpha value is -2.48. The van der Waals surface area contributed by atoms with E-state index in [-0.39, 0.29) is 29.6 Å². The molecule has 0 radical (unpaired) electrons. The zero-order valence-corrected chi connectivity index (χ0v) is 12.5. The zero-order chi connectivity index (χ0) is 16.8. The lowest BCUT2D eigenvalue weighted by Crippen LogP contribution is -2.44. The summed E-state index contributed by atoms with van der Waals surface area (Å²) >= 11 is 0. The Kier molecular flexibility index (Phi) is 5.64. The van der Waals surface area contributed by atoms with Gasteiger partial charge in [0, 0.05) is 31.9 Å². The summed E-state index contributed by atoms with van der Waals surface area (Å²) < 4.78 is 5.29. The van der Waals surface area contributed by atoms with Gasteiger partial charge in [-0.05, 0) is 30.9 Å². The summed E-state index contributed by atoms with van der Waals surface area (Å²) in [7, 11) is 0. The molecule has 1 aromatic rings. The summed E-state index contributed by atoms with van der Waals surface area (Å²) in [5, 5.41) is 11.6. The van der Waals surface area contributed by atoms with Gasteiger partial charge in [-0.25, -0.2) is 9.78 Å². The van der Waals surface area contributed by atoms with Gasteiger partial charge < -0.3 is 20.9 Å². The number of ether oxygens (including phenoxy) is 1. The van der Waals surface area contributed by atoms with Crippen LogP contribution in [-0.2, 0) is 9.53 Å². The minimum atomic E-state index is -1.16. The minimum Gasteiger partial charge on any atom is -0.477 e. The number of amides is 2. The van der Waals surface area contributed by atoms with Crippen LogP contribution in [0.4, 0.5) is 0 Å². The molecule has 8 nitrogen and oxygen atoms in total. The number of hydrogen-bond acceptors (Lipinski definition) is 5. The van der Waals surface area contributed by atoms with Crippen LogP contribution in [0.25, 0.3) is 0 Å². The van der Waals surface area contributed by atoms with Gasteiger partial charge in [0.1, 0.15) is 5.69 Å². The second-order valence-corrected chi connectivity index (χ2v) is 5.44. The molecule has 23 heavy (non-hydrogen) atoms. The quantitative estimate of drug-likeness (QED) is 0.685. The second-order valence-electron chi connectivity index (χ2n) is 5.44. The monoisotopic (exact) mass is 321 g/mol. The van der Waals surface area contributed by atoms with Crippen molar-refractivity contribution in [2.45, 2.75) is 25.3 Å². The molecule has 1 aliphatic rings. The van der Waals surface area contributed by atoms with Crippen LogP contribution in [0.3, 0.4) is 0 Å². The maximum atomic E-state index is 12.3. The molecule has 0 saturated carbocycles. The number of aromatic nitrogens is 1. The van der Waals surface area contributed by atoms with Crippen molar-refractivity contribution in [1.29, 1.82) is 0 Å². The number of nitrogens with two attached hydrogens (primary N) is 1. The average molecular weight is 321 g/mol. The van der Waals surface area contributed by atoms with Crippen LogP contribution in [0.15, 0.2) is 18.3 Å². The molecule has 0 aromatic carbocycles. The Morgan fingerprint density at radius 2 is 2.04 bits per heavy atom. The molecule has 8 heteroatoms. The van der Waals surface area contributed by atoms with Crippen molar-refractivity contribution < 1.29 is 24.2 Å². The predicted molar refractivity (Wildman–Crippen MR) is 79.8 cm³/mol. The molecule has 2 heterocycles. The lowest BCUT2D eigenvalue weighted by Gasteiger charge is -2.30. The van der Waals surface area contributed by atoms with E-state index in [1.165, 1.54) is 18.3 Å². The summed E-state index contributed by atoms with van der Waals surface area (Å²) in [6.07, 6.45) is 2.74. The maximum absolute atomic E-state index is 12.3. The van der Waals surface area contributed by atoms with Crippen LogP contribution >= 0.6 is 0 Å². The largest absolute Gasteiger partial charge is 0.477 e. The Balaban J connectivity index is 2.06. The van der Waals surface area contributed by atoms with E-state index in [0.717, 1.165) is 12.8 Å². The Morgan fingerprint density at radius 3 is 2.57 bits per heavy atom. The molecule has 1 aliphatic heterocycles. The van der Waals surface area contributed by atoms with E-state index >= 15 is 0 Å². The number of aromatic carboxylic acids is 1. The van der Waals surface area contributed by atoms with E-state index in [9.17, 15) is 14.4 Å². The predicted octanol–water partition coefficient (Wildman–Crippen LogP) is 0.180. The molecule has 0 aliphatic carbocycles. The molecule has 0 bridgehead atoms. The molecule has 1 aromatic heterocycles. The molecule has 4 N–H and O–H groups in total. The number of carbonyl (C=O) groups is 3. The van der Waals surface area contributed by atoms with Crippen LogP contribution < -0.4 is 11.1 Å². The highest BCUT2D eigenvalue weighted by atomic mass is 16.5. The molecular weight excluding hydrogens is 302 g/mol. The van der Waals surface area contributed by atoms with Gasteiger partial charge in [-0.1, -0.05) is 0 Å². The highest BCUT2D eigenvalue weighted by molar-refractivity contribution is 5.95. The molecule has 124 valence electrons. The lowest BCUT2D eigenvalue weighted by molar-refractivity contribution is -0.118. The number of hydrogen-bond donors (Lipinski definition) is 3. The van der Waals surface area contributed by atoms with Crippen molar-refractivity contribution >= 4 is 17.8 Å². The second kappa shape index (κ2) is 7.68. The molecule has 0 spiro atoms. The highest BCUT2D eigenvalue weighted by Crippen LogP contribution is 2.21. The van der Waals surface area contributed by atoms with Gasteiger partial charge in [0.05, 0.1) is 5.56 Å². The first-order valence-electron chi connectivity index (χ1n) is 7.33. The normalized spacial score (nSPS) is 16.5. The van der Waals surface area contributed by atoms with Crippen LogP contribution in [0.2, 0.25) is 0 Å². The highest BCUT2D eigenvalue weighted by Gasteiger charge is 2.27. The summed E-state index contributed by atoms with van der Waals surface area (Å²) in [6, 6.07) is 2.27. The fraction of sp³-hybridized carbons (Fsp3) is 0.467. The number of carboxylic acid groups (broad SMARTS) is 1. The van der Waals surface area contributed by atoms with Gasteiger partial charge >= 0.3 is 5.97 Å². The standard InChI is InChI=1S/C15H19N3O5/c16-13(19)7-12(9-3-5-23-6-4-9)18-14(20)10-1-2-11(15(21)22)17-8-10/h1-2,8-9,12H,3-7H2,(H2,16,19)(H,18,20)(H,21,22). The third kappa shape index (κ3) is 4.75. The van der Waals surface area contributed by atoms with Gasteiger partial charge in [0.25, 0.3) is 5.91 Å². The van der Waals surface area contributed by atoms with E-state index in [1.54, 1.807) is 0 Å². The van der Waals surface area contributed by atoms with Crippen molar-refractivity contribution in [3.05, 3.63) is 29.6 Å². The number of pyridine rings is 1. The van der Waals surface area contributed by atoms with Gasteiger partial charge in [0.2, 0.25) is 5.91 Å². The van der Waals surface area contributed by atoms with Crippen molar-refractivity contribution in [2.75, 3.05) is 13.2 Å². The molecule has 1 atom stereocenters. The first kappa shape index (κ1) is 16.9. The van der Waals surface area contributed by atoms with Gasteiger partial charge in [-0.2, -0.15) is 0 Å². The fourth-order valence-corrected chi connectivity index (χ4v) is 2.58. The third-order valence-corrected chi connectivity index (χ3v) is 3.82. The lowest BCUT2D eigenvalue weighted by atomic mass is 9.89. The molecule has 2 rings (SSSR count). The summed E-state index contributed by atoms with van der Waals surface area (Å²) in [4.78, 5) is 38.0. The van der Waals surface area contributed by atoms with Crippen LogP contribution in [0.5, 0.6) is 0 Å². The topological polar surface area (TPSA) is 132 Å². The molecule has 1 saturated heterocycles. The van der Waals surface area contributed by atoms with E-state index in [4.69, 9.17) is 15.6 Å². The number of nitrogens with zero attached hydrogens (tertiary/aromatic N) is 1. The van der Waals surface area contributed by atoms with Crippen molar-refractivity contribution in [3.63, 3.8) is 0 Å². The first-order valence-corrected chi connectivity index (χ1v) is 7.33. The van der Waals surface area contributed by atoms with E-state index in [1.807, 2.05) is 0 Å². The molecular formula is C15H19N3O5. The number of carbonyl (C=O) groups excluding carboxylic acids is 2. The number of nitrogens with one attached hydrogen (secondary N) is 1. The summed E-state index contributed by atoms with van der Waals surface area (Å²) in [5.74, 6) is -1.94. The molecule has 2 amide bonds. The van der Waals surface area contributed by atoms with E-state index in [2.05, 4.69) is 10.3 Å². The van der Waals surface area contributed by atoms with Crippen molar-refractivity contribution in [3.8, 4) is 0 Å². The van der Waals surface area contributed by atoms with Gasteiger partial charge in [0.15, 0.2) is 0 Å². The average Bonchev–Trinajstić information content (AvgIpc) is 2.54. The zero-order valence-electron chi connectivity index (χ0n) is 12.5. The Labute approximate surface area is 133 Å². The maximum Gasteiger partial charge on any atom is 0.354 e. The SMILES string of the molecule is NC(=O)CC(NC(=O)c1ccc(C(=O)O)nc1)C1CCOCC1. The number of carboxylic acids is 1. The van der Waals surface area contributed by atoms with E-state index < -0.39 is 17.8 Å². The van der Waals surface area contributed by atoms with Gasteiger partial charge in [-0.15, -0.1) is 0 Å². The van der Waals surface area contributed by atoms with Crippen molar-refractivity contribution in [1.82, 2.24) is 10.3 Å². The van der Waals surface area contributed by atoms with Crippen molar-refractivity contribution in [2.24, 2.45) is 11.7 Å². The smallest absolute Gasteiger partial charge is 0.354 e. The van der Waals surface area contributed by atoms with Crippen LogP contribution in [-0.4, -0.2) is 47.1 Å². The molecule has 1 fully saturated rings. The first-order chi connectivity index (χ1) is 11.0. The summed E-state index contributed by atoms with van der Waals surface area (Å²) in [5.41, 5.74) is 5.36. The molecule has 1 unspecified atom stereocenters. The Morgan fingerprint density at radius 1 is 1.35 bits per heavy atom. The van der Waals surface area contributed by atoms with Gasteiger partial charge in [-0.3, -0.25) is 9.59 Å². The van der Waals surface area contributed by atoms with Crippen LogP contribution in [0, 0.1) is 5.92 Å². The minimum absolute atomic E-state index is 0.0526. The summed E-state index contributed by atoms with van der Waals surface area (Å²) in [6.45, 7) is 1.18.